The SMILES string of the molecule is CC(=O)c1cc(Br)ccc1N(C)Cc1cccc(C)n1. The molecule has 0 atom stereocenters. The van der Waals surface area contributed by atoms with Crippen molar-refractivity contribution in [1.82, 2.24) is 4.98 Å². The maximum Gasteiger partial charge on any atom is 0.161 e. The third kappa shape index (κ3) is 3.45. The summed E-state index contributed by atoms with van der Waals surface area (Å²) in [6.07, 6.45) is 0. The number of halogens is 1. The lowest BCUT2D eigenvalue weighted by Crippen LogP contribution is -2.19. The Labute approximate surface area is 127 Å². The molecule has 0 radical (unpaired) electrons. The van der Waals surface area contributed by atoms with Crippen LogP contribution in [-0.4, -0.2) is 17.8 Å². The predicted molar refractivity (Wildman–Crippen MR) is 85.2 cm³/mol. The highest BCUT2D eigenvalue weighted by Crippen LogP contribution is 2.25. The minimum absolute atomic E-state index is 0.0605. The number of carbonyl (C=O) groups is 1. The van der Waals surface area contributed by atoms with Crippen LogP contribution in [0.1, 0.15) is 28.7 Å². The Morgan fingerprint density at radius 1 is 1.30 bits per heavy atom. The maximum absolute atomic E-state index is 11.8. The van der Waals surface area contributed by atoms with E-state index >= 15 is 0 Å². The molecule has 4 heteroatoms. The lowest BCUT2D eigenvalue weighted by atomic mass is 10.1. The molecule has 104 valence electrons. The van der Waals surface area contributed by atoms with Gasteiger partial charge < -0.3 is 4.90 Å². The summed E-state index contributed by atoms with van der Waals surface area (Å²) in [5, 5.41) is 0. The van der Waals surface area contributed by atoms with Gasteiger partial charge in [0.15, 0.2) is 5.78 Å². The molecule has 0 saturated heterocycles. The maximum atomic E-state index is 11.8. The number of Topliss-reactive ketones (excluding diaryl/α,β-unsaturated/α-hetero) is 1. The van der Waals surface area contributed by atoms with Crippen molar-refractivity contribution in [3.05, 3.63) is 57.8 Å². The smallest absolute Gasteiger partial charge is 0.161 e. The average molecular weight is 333 g/mol. The van der Waals surface area contributed by atoms with Crippen LogP contribution in [0.3, 0.4) is 0 Å². The number of hydrogen-bond acceptors (Lipinski definition) is 3. The largest absolute Gasteiger partial charge is 0.368 e. The quantitative estimate of drug-likeness (QED) is 0.793. The Hall–Kier alpha value is -1.68. The molecule has 0 aliphatic carbocycles. The minimum atomic E-state index is 0.0605. The molecule has 0 saturated carbocycles. The Morgan fingerprint density at radius 2 is 2.05 bits per heavy atom. The molecule has 0 bridgehead atoms. The molecule has 0 unspecified atom stereocenters. The highest BCUT2D eigenvalue weighted by molar-refractivity contribution is 9.10. The predicted octanol–water partition coefficient (Wildman–Crippen LogP) is 3.99. The lowest BCUT2D eigenvalue weighted by Gasteiger charge is -2.21. The molecular formula is C16H17BrN2O. The third-order valence-corrected chi connectivity index (χ3v) is 3.59. The first kappa shape index (κ1) is 14.7. The fraction of sp³-hybridized carbons (Fsp3) is 0.250. The van der Waals surface area contributed by atoms with E-state index in [9.17, 15) is 4.79 Å². The number of carbonyl (C=O) groups excluding carboxylic acids is 1. The molecule has 2 aromatic rings. The van der Waals surface area contributed by atoms with Gasteiger partial charge in [0.25, 0.3) is 0 Å². The molecule has 3 nitrogen and oxygen atoms in total. The van der Waals surface area contributed by atoms with Crippen LogP contribution in [0.2, 0.25) is 0 Å². The number of pyridine rings is 1. The van der Waals surface area contributed by atoms with Gasteiger partial charge in [-0.05, 0) is 44.2 Å². The van der Waals surface area contributed by atoms with Crippen LogP contribution in [0, 0.1) is 6.92 Å². The molecule has 0 spiro atoms. The summed E-state index contributed by atoms with van der Waals surface area (Å²) in [6.45, 7) is 4.23. The summed E-state index contributed by atoms with van der Waals surface area (Å²) < 4.78 is 0.911. The van der Waals surface area contributed by atoms with Gasteiger partial charge in [0.05, 0.1) is 12.2 Å². The second kappa shape index (κ2) is 6.18. The molecule has 0 fully saturated rings. The summed E-state index contributed by atoms with van der Waals surface area (Å²) in [7, 11) is 1.97. The molecule has 20 heavy (non-hydrogen) atoms. The average Bonchev–Trinajstić information content (AvgIpc) is 2.38. The first-order valence-corrected chi connectivity index (χ1v) is 7.21. The monoisotopic (exact) mass is 332 g/mol. The van der Waals surface area contributed by atoms with Crippen molar-refractivity contribution in [2.24, 2.45) is 0 Å². The van der Waals surface area contributed by atoms with Crippen molar-refractivity contribution in [2.45, 2.75) is 20.4 Å². The fourth-order valence-electron chi connectivity index (χ4n) is 2.14. The minimum Gasteiger partial charge on any atom is -0.368 e. The number of nitrogens with zero attached hydrogens (tertiary/aromatic N) is 2. The van der Waals surface area contributed by atoms with Crippen LogP contribution in [0.15, 0.2) is 40.9 Å². The lowest BCUT2D eigenvalue weighted by molar-refractivity contribution is 0.101. The molecule has 1 aromatic heterocycles. The summed E-state index contributed by atoms with van der Waals surface area (Å²) in [4.78, 5) is 18.3. The highest BCUT2D eigenvalue weighted by atomic mass is 79.9. The van der Waals surface area contributed by atoms with Crippen LogP contribution in [0.4, 0.5) is 5.69 Å². The number of hydrogen-bond donors (Lipinski definition) is 0. The van der Waals surface area contributed by atoms with Gasteiger partial charge in [-0.1, -0.05) is 22.0 Å². The van der Waals surface area contributed by atoms with Gasteiger partial charge in [-0.25, -0.2) is 0 Å². The molecule has 0 aliphatic rings. The van der Waals surface area contributed by atoms with E-state index in [2.05, 4.69) is 20.9 Å². The topological polar surface area (TPSA) is 33.2 Å². The van der Waals surface area contributed by atoms with Gasteiger partial charge in [-0.3, -0.25) is 9.78 Å². The van der Waals surface area contributed by atoms with E-state index < -0.39 is 0 Å². The second-order valence-electron chi connectivity index (χ2n) is 4.84. The standard InChI is InChI=1S/C16H17BrN2O/c1-11-5-4-6-14(18-11)10-19(3)16-8-7-13(17)9-15(16)12(2)20/h4-9H,10H2,1-3H3. The van der Waals surface area contributed by atoms with E-state index in [1.807, 2.05) is 55.3 Å². The number of rotatable bonds is 4. The Balaban J connectivity index is 2.29. The van der Waals surface area contributed by atoms with Crippen LogP contribution in [-0.2, 0) is 6.54 Å². The zero-order chi connectivity index (χ0) is 14.7. The molecule has 1 aromatic carbocycles. The zero-order valence-corrected chi connectivity index (χ0v) is 13.4. The molecule has 0 N–H and O–H groups in total. The fourth-order valence-corrected chi connectivity index (χ4v) is 2.50. The summed E-state index contributed by atoms with van der Waals surface area (Å²) in [6, 6.07) is 11.7. The Kier molecular flexibility index (Phi) is 4.55. The van der Waals surface area contributed by atoms with Gasteiger partial charge >= 0.3 is 0 Å². The van der Waals surface area contributed by atoms with Crippen LogP contribution in [0.5, 0.6) is 0 Å². The molecule has 0 amide bonds. The van der Waals surface area contributed by atoms with Gasteiger partial charge in [0.1, 0.15) is 0 Å². The van der Waals surface area contributed by atoms with E-state index in [0.717, 1.165) is 27.1 Å². The Morgan fingerprint density at radius 3 is 2.70 bits per heavy atom. The third-order valence-electron chi connectivity index (χ3n) is 3.09. The van der Waals surface area contributed by atoms with Gasteiger partial charge in [-0.15, -0.1) is 0 Å². The number of aromatic nitrogens is 1. The van der Waals surface area contributed by atoms with E-state index in [1.54, 1.807) is 6.92 Å². The highest BCUT2D eigenvalue weighted by Gasteiger charge is 2.12. The summed E-state index contributed by atoms with van der Waals surface area (Å²) in [5.74, 6) is 0.0605. The molecule has 1 heterocycles. The van der Waals surface area contributed by atoms with Crippen LogP contribution < -0.4 is 4.90 Å². The van der Waals surface area contributed by atoms with Crippen molar-refractivity contribution in [3.63, 3.8) is 0 Å². The van der Waals surface area contributed by atoms with E-state index in [0.29, 0.717) is 6.54 Å². The number of anilines is 1. The van der Waals surface area contributed by atoms with Crippen molar-refractivity contribution >= 4 is 27.4 Å². The van der Waals surface area contributed by atoms with Crippen molar-refractivity contribution in [2.75, 3.05) is 11.9 Å². The van der Waals surface area contributed by atoms with Crippen molar-refractivity contribution in [1.29, 1.82) is 0 Å². The molecular weight excluding hydrogens is 316 g/mol. The summed E-state index contributed by atoms with van der Waals surface area (Å²) >= 11 is 3.41. The first-order valence-electron chi connectivity index (χ1n) is 6.41. The van der Waals surface area contributed by atoms with Crippen LogP contribution in [0.25, 0.3) is 0 Å². The van der Waals surface area contributed by atoms with Crippen molar-refractivity contribution in [3.8, 4) is 0 Å². The Bertz CT molecular complexity index is 640. The molecule has 2 rings (SSSR count). The summed E-state index contributed by atoms with van der Waals surface area (Å²) in [5.41, 5.74) is 3.63. The van der Waals surface area contributed by atoms with Gasteiger partial charge in [-0.2, -0.15) is 0 Å². The number of benzene rings is 1. The van der Waals surface area contributed by atoms with E-state index in [4.69, 9.17) is 0 Å². The van der Waals surface area contributed by atoms with E-state index in [1.165, 1.54) is 0 Å². The normalized spacial score (nSPS) is 10.4. The zero-order valence-electron chi connectivity index (χ0n) is 11.9. The van der Waals surface area contributed by atoms with Crippen LogP contribution >= 0.6 is 15.9 Å². The van der Waals surface area contributed by atoms with E-state index in [-0.39, 0.29) is 5.78 Å². The van der Waals surface area contributed by atoms with Crippen molar-refractivity contribution < 1.29 is 4.79 Å². The van der Waals surface area contributed by atoms with Gasteiger partial charge in [0, 0.05) is 28.5 Å². The molecule has 0 aliphatic heterocycles. The number of aryl methyl sites for hydroxylation is 1. The second-order valence-corrected chi connectivity index (χ2v) is 5.76. The first-order chi connectivity index (χ1) is 9.47. The van der Waals surface area contributed by atoms with Gasteiger partial charge in [0.2, 0.25) is 0 Å². The number of ketones is 1.